The van der Waals surface area contributed by atoms with Crippen LogP contribution in [0.2, 0.25) is 0 Å². The van der Waals surface area contributed by atoms with Crippen LogP contribution in [0.4, 0.5) is 0 Å². The summed E-state index contributed by atoms with van der Waals surface area (Å²) in [5, 5.41) is 0.194. The number of alkyl halides is 2. The van der Waals surface area contributed by atoms with Crippen molar-refractivity contribution in [3.63, 3.8) is 0 Å². The molecule has 0 fully saturated rings. The molecule has 8 heteroatoms. The second-order valence-corrected chi connectivity index (χ2v) is 0.909. The first-order chi connectivity index (χ1) is 1.41. The first-order valence-electron chi connectivity index (χ1n) is 0.535. The van der Waals surface area contributed by atoms with E-state index >= 15 is 0 Å². The summed E-state index contributed by atoms with van der Waals surface area (Å²) < 4.78 is 0. The van der Waals surface area contributed by atoms with Crippen LogP contribution in [0.25, 0.3) is 0 Å². The number of rotatable bonds is 0. The van der Waals surface area contributed by atoms with Crippen LogP contribution in [0.3, 0.4) is 0 Å². The Morgan fingerprint density at radius 2 is 0.667 bits per heavy atom. The van der Waals surface area contributed by atoms with Crippen molar-refractivity contribution >= 4 is 95.1 Å². The van der Waals surface area contributed by atoms with Crippen molar-refractivity contribution in [3.05, 3.63) is 0 Å². The zero-order chi connectivity index (χ0) is 2.71. The molecule has 0 spiro atoms. The molecule has 0 rings (SSSR count). The van der Waals surface area contributed by atoms with Crippen molar-refractivity contribution < 1.29 is 0 Å². The Balaban J connectivity index is -0.00000000133. The lowest BCUT2D eigenvalue weighted by Crippen LogP contribution is -1.24. The molecule has 0 aliphatic carbocycles. The average Bonchev–Trinajstić information content (AvgIpc) is 0.918. The third-order valence-corrected chi connectivity index (χ3v) is 0. The summed E-state index contributed by atoms with van der Waals surface area (Å²) in [6, 6.07) is 0. The average molecular weight is 301 g/mol. The Hall–Kier alpha value is 2.46. The first kappa shape index (κ1) is 63.0. The quantitative estimate of drug-likeness (QED) is 0.474. The van der Waals surface area contributed by atoms with Crippen molar-refractivity contribution in [3.8, 4) is 0 Å². The van der Waals surface area contributed by atoms with E-state index in [1.807, 2.05) is 0 Å². The topological polar surface area (TPSA) is 0 Å². The standard InChI is InChI=1S/CH2Cl2.5ClH.H3P/c2-1-3;;;;;;/h1H2;5*1H;1H3. The second-order valence-electron chi connectivity index (χ2n) is 0.101. The van der Waals surface area contributed by atoms with E-state index in [-0.39, 0.29) is 77.3 Å². The maximum absolute atomic E-state index is 4.76. The van der Waals surface area contributed by atoms with Crippen molar-refractivity contribution in [1.29, 1.82) is 0 Å². The summed E-state index contributed by atoms with van der Waals surface area (Å²) in [6.07, 6.45) is 0. The summed E-state index contributed by atoms with van der Waals surface area (Å²) in [5.74, 6) is 0. The van der Waals surface area contributed by atoms with Gasteiger partial charge in [0.15, 0.2) is 0 Å². The van der Waals surface area contributed by atoms with Crippen LogP contribution in [-0.2, 0) is 0 Å². The molecule has 0 radical (unpaired) electrons. The Kier molecular flexibility index (Phi) is 548. The van der Waals surface area contributed by atoms with Crippen LogP contribution in [-0.4, -0.2) is 5.34 Å². The van der Waals surface area contributed by atoms with Crippen molar-refractivity contribution in [1.82, 2.24) is 0 Å². The zero-order valence-electron chi connectivity index (χ0n) is 4.21. The highest BCUT2D eigenvalue weighted by Gasteiger charge is 1.41. The molecule has 0 heterocycles. The lowest BCUT2D eigenvalue weighted by atomic mass is 11.9. The minimum Gasteiger partial charge on any atom is -0.153 e. The van der Waals surface area contributed by atoms with Crippen LogP contribution < -0.4 is 0 Å². The predicted molar refractivity (Wildman–Crippen MR) is 63.9 cm³/mol. The molecule has 1 atom stereocenters. The highest BCUT2D eigenvalue weighted by Crippen LogP contribution is 1.73. The van der Waals surface area contributed by atoms with Gasteiger partial charge in [0.25, 0.3) is 0 Å². The van der Waals surface area contributed by atoms with E-state index in [1.54, 1.807) is 0 Å². The smallest absolute Gasteiger partial charge is 0.0967 e. The van der Waals surface area contributed by atoms with Gasteiger partial charge in [-0.15, -0.1) is 85.2 Å². The highest BCUT2D eigenvalue weighted by molar-refractivity contribution is 6.92. The fraction of sp³-hybridized carbons (Fsp3) is 1.00. The van der Waals surface area contributed by atoms with E-state index in [0.29, 0.717) is 0 Å². The molecule has 9 heavy (non-hydrogen) atoms. The predicted octanol–water partition coefficient (Wildman–Crippen LogP) is 3.59. The Morgan fingerprint density at radius 1 is 0.667 bits per heavy atom. The Labute approximate surface area is 99.9 Å². The lowest BCUT2D eigenvalue weighted by Gasteiger charge is -1.42. The molecule has 0 nitrogen and oxygen atoms in total. The van der Waals surface area contributed by atoms with Gasteiger partial charge in [-0.25, -0.2) is 0 Å². The molecule has 0 bridgehead atoms. The number of hydrogen-bond acceptors (Lipinski definition) is 0. The normalized spacial score (nSPS) is 2.00. The van der Waals surface area contributed by atoms with Gasteiger partial charge in [0.05, 0.1) is 5.34 Å². The summed E-state index contributed by atoms with van der Waals surface area (Å²) in [4.78, 5) is 0. The molecular formula is CH10Cl7P. The lowest BCUT2D eigenvalue weighted by molar-refractivity contribution is 2.20. The molecule has 0 N–H and O–H groups in total. The van der Waals surface area contributed by atoms with Gasteiger partial charge < -0.3 is 0 Å². The molecular weight excluding hydrogens is 291 g/mol. The number of hydrogen-bond donors (Lipinski definition) is 0. The molecule has 0 aromatic carbocycles. The minimum atomic E-state index is 0. The molecule has 0 saturated carbocycles. The SMILES string of the molecule is Cl.Cl.Cl.Cl.Cl.ClCCl.P. The Bertz CT molecular complexity index is 8.88. The summed E-state index contributed by atoms with van der Waals surface area (Å²) in [6.45, 7) is 0. The van der Waals surface area contributed by atoms with Crippen LogP contribution in [0.1, 0.15) is 0 Å². The molecule has 0 aromatic heterocycles. The van der Waals surface area contributed by atoms with Gasteiger partial charge in [-0.1, -0.05) is 0 Å². The second kappa shape index (κ2) is 78.2. The van der Waals surface area contributed by atoms with E-state index in [2.05, 4.69) is 0 Å². The monoisotopic (exact) mass is 298 g/mol. The van der Waals surface area contributed by atoms with Crippen LogP contribution in [0, 0.1) is 0 Å². The van der Waals surface area contributed by atoms with Gasteiger partial charge in [-0.3, -0.25) is 0 Å². The van der Waals surface area contributed by atoms with Gasteiger partial charge in [-0.05, 0) is 0 Å². The largest absolute Gasteiger partial charge is 0.153 e. The maximum Gasteiger partial charge on any atom is 0.0967 e. The molecule has 0 aromatic rings. The molecule has 0 saturated heterocycles. The third-order valence-electron chi connectivity index (χ3n) is 0. The van der Waals surface area contributed by atoms with Gasteiger partial charge >= 0.3 is 0 Å². The number of halogens is 7. The minimum absolute atomic E-state index is 0. The molecule has 0 aliphatic rings. The van der Waals surface area contributed by atoms with Crippen molar-refractivity contribution in [2.24, 2.45) is 0 Å². The van der Waals surface area contributed by atoms with E-state index in [4.69, 9.17) is 23.2 Å². The molecule has 0 aliphatic heterocycles. The first-order valence-corrected chi connectivity index (χ1v) is 1.60. The maximum atomic E-state index is 4.76. The van der Waals surface area contributed by atoms with Crippen LogP contribution in [0.5, 0.6) is 0 Å². The summed E-state index contributed by atoms with van der Waals surface area (Å²) in [5.41, 5.74) is 0. The van der Waals surface area contributed by atoms with Crippen LogP contribution in [0.15, 0.2) is 0 Å². The van der Waals surface area contributed by atoms with E-state index in [1.165, 1.54) is 0 Å². The third kappa shape index (κ3) is 124. The van der Waals surface area contributed by atoms with Gasteiger partial charge in [0, 0.05) is 0 Å². The highest BCUT2D eigenvalue weighted by atomic mass is 35.5. The fourth-order valence-electron chi connectivity index (χ4n) is 0. The van der Waals surface area contributed by atoms with Crippen molar-refractivity contribution in [2.75, 3.05) is 5.34 Å². The molecule has 68 valence electrons. The van der Waals surface area contributed by atoms with Gasteiger partial charge in [0.2, 0.25) is 0 Å². The van der Waals surface area contributed by atoms with Crippen molar-refractivity contribution in [2.45, 2.75) is 0 Å². The zero-order valence-corrected chi connectivity index (χ0v) is 11.2. The van der Waals surface area contributed by atoms with Gasteiger partial charge in [0.1, 0.15) is 0 Å². The van der Waals surface area contributed by atoms with Crippen LogP contribution >= 0.6 is 95.1 Å². The van der Waals surface area contributed by atoms with E-state index in [0.717, 1.165) is 0 Å². The van der Waals surface area contributed by atoms with E-state index in [9.17, 15) is 0 Å². The Morgan fingerprint density at radius 3 is 0.667 bits per heavy atom. The van der Waals surface area contributed by atoms with Gasteiger partial charge in [-0.2, -0.15) is 9.90 Å². The summed E-state index contributed by atoms with van der Waals surface area (Å²) >= 11 is 9.53. The summed E-state index contributed by atoms with van der Waals surface area (Å²) in [7, 11) is 0. The fourth-order valence-corrected chi connectivity index (χ4v) is 0. The molecule has 1 unspecified atom stereocenters. The molecule has 0 amide bonds. The van der Waals surface area contributed by atoms with E-state index < -0.39 is 0 Å².